The van der Waals surface area contributed by atoms with E-state index in [2.05, 4.69) is 4.74 Å². The Morgan fingerprint density at radius 1 is 0.471 bits per heavy atom. The van der Waals surface area contributed by atoms with Crippen molar-refractivity contribution in [2.24, 2.45) is 0 Å². The molecule has 6 nitrogen and oxygen atoms in total. The minimum atomic E-state index is -1.11. The molecule has 7 rings (SSSR count). The largest absolute Gasteiger partial charge is 0.386 e. The number of hydrogen-bond donors (Lipinski definition) is 0. The van der Waals surface area contributed by atoms with Crippen LogP contribution < -0.4 is 0 Å². The Labute approximate surface area is 185 Å². The van der Waals surface area contributed by atoms with Gasteiger partial charge in [-0.25, -0.2) is 32.3 Å². The SMILES string of the molecule is Cc1cc2c3c(cc(F)c4c5c(F)cc6c7c(cc(F)c(c1c34)c75)C(=O)OC6=O)C(=O)OC2=O. The third-order valence-corrected chi connectivity index (χ3v) is 6.61. The van der Waals surface area contributed by atoms with Crippen LogP contribution in [0.15, 0.2) is 24.3 Å². The fourth-order valence-electron chi connectivity index (χ4n) is 5.40. The lowest BCUT2D eigenvalue weighted by molar-refractivity contribution is 0.0372. The smallest absolute Gasteiger partial charge is 0.346 e. The van der Waals surface area contributed by atoms with Gasteiger partial charge < -0.3 is 9.47 Å². The molecule has 0 fully saturated rings. The van der Waals surface area contributed by atoms with Gasteiger partial charge in [0.1, 0.15) is 17.5 Å². The summed E-state index contributed by atoms with van der Waals surface area (Å²) in [5.41, 5.74) is -0.556. The summed E-state index contributed by atoms with van der Waals surface area (Å²) in [5, 5.41) is -0.940. The van der Waals surface area contributed by atoms with E-state index in [0.717, 1.165) is 18.2 Å². The number of halogens is 3. The third kappa shape index (κ3) is 1.95. The molecule has 164 valence electrons. The minimum Gasteiger partial charge on any atom is -0.386 e. The number of aryl methyl sites for hydroxylation is 1. The van der Waals surface area contributed by atoms with E-state index < -0.39 is 41.3 Å². The van der Waals surface area contributed by atoms with E-state index in [0.29, 0.717) is 5.56 Å². The molecule has 5 aromatic carbocycles. The Morgan fingerprint density at radius 3 is 1.21 bits per heavy atom. The van der Waals surface area contributed by atoms with E-state index in [1.165, 1.54) is 6.07 Å². The van der Waals surface area contributed by atoms with Crippen molar-refractivity contribution in [2.75, 3.05) is 0 Å². The van der Waals surface area contributed by atoms with Crippen LogP contribution in [-0.2, 0) is 9.47 Å². The van der Waals surface area contributed by atoms with Gasteiger partial charge in [-0.2, -0.15) is 0 Å². The van der Waals surface area contributed by atoms with Crippen LogP contribution in [0.1, 0.15) is 47.0 Å². The van der Waals surface area contributed by atoms with E-state index in [1.807, 2.05) is 0 Å². The lowest BCUT2D eigenvalue weighted by Crippen LogP contribution is -2.22. The number of carbonyl (C=O) groups is 4. The summed E-state index contributed by atoms with van der Waals surface area (Å²) in [6, 6.07) is 3.91. The van der Waals surface area contributed by atoms with Gasteiger partial charge in [-0.15, -0.1) is 0 Å². The highest BCUT2D eigenvalue weighted by atomic mass is 19.1. The van der Waals surface area contributed by atoms with Crippen molar-refractivity contribution in [3.63, 3.8) is 0 Å². The van der Waals surface area contributed by atoms with Gasteiger partial charge in [-0.3, -0.25) is 0 Å². The predicted molar refractivity (Wildman–Crippen MR) is 112 cm³/mol. The molecule has 2 aliphatic heterocycles. The van der Waals surface area contributed by atoms with Gasteiger partial charge >= 0.3 is 23.9 Å². The first-order chi connectivity index (χ1) is 16.2. The summed E-state index contributed by atoms with van der Waals surface area (Å²) < 4.78 is 56.1. The molecule has 0 bridgehead atoms. The van der Waals surface area contributed by atoms with Crippen LogP contribution in [0.4, 0.5) is 13.2 Å². The van der Waals surface area contributed by atoms with Crippen LogP contribution in [0.3, 0.4) is 0 Å². The normalized spacial score (nSPS) is 15.2. The first-order valence-corrected chi connectivity index (χ1v) is 10.0. The molecule has 0 aromatic heterocycles. The summed E-state index contributed by atoms with van der Waals surface area (Å²) in [4.78, 5) is 49.6. The molecule has 0 N–H and O–H groups in total. The van der Waals surface area contributed by atoms with Crippen LogP contribution in [-0.4, -0.2) is 23.9 Å². The second-order valence-corrected chi connectivity index (χ2v) is 8.31. The molecule has 0 saturated carbocycles. The fourth-order valence-corrected chi connectivity index (χ4v) is 5.40. The number of ether oxygens (including phenoxy) is 2. The monoisotopic (exact) mass is 460 g/mol. The van der Waals surface area contributed by atoms with Gasteiger partial charge in [0.2, 0.25) is 0 Å². The molecule has 0 spiro atoms. The third-order valence-electron chi connectivity index (χ3n) is 6.61. The van der Waals surface area contributed by atoms with Gasteiger partial charge in [-0.05, 0) is 42.1 Å². The lowest BCUT2D eigenvalue weighted by atomic mass is 9.81. The highest BCUT2D eigenvalue weighted by Crippen LogP contribution is 2.49. The maximum Gasteiger partial charge on any atom is 0.346 e. The number of fused-ring (bicyclic) bond motifs is 2. The Kier molecular flexibility index (Phi) is 3.17. The summed E-state index contributed by atoms with van der Waals surface area (Å²) in [5.74, 6) is -7.27. The molecule has 0 atom stereocenters. The van der Waals surface area contributed by atoms with Gasteiger partial charge in [0.15, 0.2) is 0 Å². The maximum absolute atomic E-state index is 15.6. The molecule has 0 radical (unpaired) electrons. The zero-order chi connectivity index (χ0) is 23.8. The molecule has 0 saturated heterocycles. The van der Waals surface area contributed by atoms with E-state index in [1.54, 1.807) is 6.92 Å². The van der Waals surface area contributed by atoms with Crippen molar-refractivity contribution in [2.45, 2.75) is 6.92 Å². The molecule has 0 unspecified atom stereocenters. The molecular weight excluding hydrogens is 453 g/mol. The Morgan fingerprint density at radius 2 is 0.794 bits per heavy atom. The van der Waals surface area contributed by atoms with E-state index in [9.17, 15) is 19.2 Å². The quantitative estimate of drug-likeness (QED) is 0.139. The number of cyclic esters (lactones) is 4. The highest BCUT2D eigenvalue weighted by molar-refractivity contribution is 6.40. The minimum absolute atomic E-state index is 0.0200. The highest BCUT2D eigenvalue weighted by Gasteiger charge is 2.36. The average Bonchev–Trinajstić information content (AvgIpc) is 2.77. The van der Waals surface area contributed by atoms with E-state index in [-0.39, 0.29) is 65.3 Å². The van der Waals surface area contributed by atoms with Gasteiger partial charge in [0, 0.05) is 37.7 Å². The Hall–Kier alpha value is -4.53. The van der Waals surface area contributed by atoms with Crippen LogP contribution in [0.5, 0.6) is 0 Å². The number of benzene rings is 5. The van der Waals surface area contributed by atoms with Crippen molar-refractivity contribution in [1.29, 1.82) is 0 Å². The summed E-state index contributed by atoms with van der Waals surface area (Å²) >= 11 is 0. The van der Waals surface area contributed by atoms with E-state index >= 15 is 13.2 Å². The fraction of sp³-hybridized carbons (Fsp3) is 0.0400. The molecule has 0 amide bonds. The second kappa shape index (κ2) is 5.69. The standard InChI is InChI=1S/C25H7F3O6/c1-6-2-7-15-8(23(30)33-22(7)29)4-12(27)18-19-13(28)5-10-16-9(24(31)34-25(10)32)3-11(26)17(21(16)19)14(6)20(15)18/h2-5H,1H3. The molecule has 2 heterocycles. The summed E-state index contributed by atoms with van der Waals surface area (Å²) in [6.45, 7) is 1.54. The first kappa shape index (κ1) is 19.0. The summed E-state index contributed by atoms with van der Waals surface area (Å²) in [7, 11) is 0. The van der Waals surface area contributed by atoms with Crippen LogP contribution >= 0.6 is 0 Å². The van der Waals surface area contributed by atoms with Crippen LogP contribution in [0.25, 0.3) is 43.1 Å². The Bertz CT molecular complexity index is 1650. The Balaban J connectivity index is 1.93. The molecule has 34 heavy (non-hydrogen) atoms. The number of carbonyl (C=O) groups excluding carboxylic acids is 4. The van der Waals surface area contributed by atoms with Gasteiger partial charge in [0.25, 0.3) is 0 Å². The second-order valence-electron chi connectivity index (χ2n) is 8.31. The number of esters is 4. The first-order valence-electron chi connectivity index (χ1n) is 10.0. The van der Waals surface area contributed by atoms with Crippen molar-refractivity contribution in [3.8, 4) is 0 Å². The average molecular weight is 460 g/mol. The summed E-state index contributed by atoms with van der Waals surface area (Å²) in [6.07, 6.45) is 0. The predicted octanol–water partition coefficient (Wildman–Crippen LogP) is 5.08. The molecule has 0 aliphatic carbocycles. The van der Waals surface area contributed by atoms with Crippen molar-refractivity contribution in [1.82, 2.24) is 0 Å². The zero-order valence-corrected chi connectivity index (χ0v) is 16.9. The van der Waals surface area contributed by atoms with Gasteiger partial charge in [0.05, 0.1) is 22.3 Å². The van der Waals surface area contributed by atoms with Crippen molar-refractivity contribution < 1.29 is 41.8 Å². The molecule has 5 aromatic rings. The van der Waals surface area contributed by atoms with Crippen molar-refractivity contribution in [3.05, 3.63) is 69.5 Å². The lowest BCUT2D eigenvalue weighted by Gasteiger charge is -2.24. The van der Waals surface area contributed by atoms with Crippen LogP contribution in [0.2, 0.25) is 0 Å². The molecular formula is C25H7F3O6. The van der Waals surface area contributed by atoms with Gasteiger partial charge in [-0.1, -0.05) is 0 Å². The molecule has 2 aliphatic rings. The number of hydrogen-bond acceptors (Lipinski definition) is 6. The topological polar surface area (TPSA) is 86.7 Å². The van der Waals surface area contributed by atoms with E-state index in [4.69, 9.17) is 4.74 Å². The van der Waals surface area contributed by atoms with Crippen molar-refractivity contribution >= 4 is 67.0 Å². The number of rotatable bonds is 0. The van der Waals surface area contributed by atoms with Crippen LogP contribution in [0, 0.1) is 24.4 Å². The maximum atomic E-state index is 15.6. The zero-order valence-electron chi connectivity index (χ0n) is 16.9. The molecule has 9 heteroatoms.